The molecule has 0 radical (unpaired) electrons. The van der Waals surface area contributed by atoms with E-state index < -0.39 is 0 Å². The third kappa shape index (κ3) is 5.22. The zero-order chi connectivity index (χ0) is 21.6. The summed E-state index contributed by atoms with van der Waals surface area (Å²) in [5.41, 5.74) is 1.51. The van der Waals surface area contributed by atoms with Gasteiger partial charge in [-0.1, -0.05) is 18.2 Å². The Hall–Kier alpha value is -3.81. The molecule has 4 rings (SSSR count). The molecule has 3 heterocycles. The minimum atomic E-state index is -0.342. The Morgan fingerprint density at radius 2 is 1.81 bits per heavy atom. The summed E-state index contributed by atoms with van der Waals surface area (Å²) in [7, 11) is 0. The first-order valence-corrected chi connectivity index (χ1v) is 10.1. The first-order valence-electron chi connectivity index (χ1n) is 10.1. The Balaban J connectivity index is 1.35. The Morgan fingerprint density at radius 3 is 2.58 bits per heavy atom. The van der Waals surface area contributed by atoms with Gasteiger partial charge in [0.2, 0.25) is 5.91 Å². The molecule has 31 heavy (non-hydrogen) atoms. The molecular weight excluding hydrogens is 395 g/mol. The fourth-order valence-electron chi connectivity index (χ4n) is 3.36. The quantitative estimate of drug-likeness (QED) is 0.640. The zero-order valence-corrected chi connectivity index (χ0v) is 17.2. The molecule has 0 saturated carbocycles. The number of amides is 1. The number of anilines is 3. The van der Waals surface area contributed by atoms with Crippen LogP contribution in [0.4, 0.5) is 21.8 Å². The molecule has 1 aliphatic rings. The summed E-state index contributed by atoms with van der Waals surface area (Å²) in [6.45, 7) is 4.43. The number of halogens is 1. The van der Waals surface area contributed by atoms with E-state index in [1.54, 1.807) is 29.3 Å². The second-order valence-corrected chi connectivity index (χ2v) is 7.27. The van der Waals surface area contributed by atoms with Crippen molar-refractivity contribution in [1.82, 2.24) is 19.9 Å². The van der Waals surface area contributed by atoms with Gasteiger partial charge in [0, 0.05) is 50.1 Å². The van der Waals surface area contributed by atoms with Crippen LogP contribution in [0.3, 0.4) is 0 Å². The van der Waals surface area contributed by atoms with E-state index in [4.69, 9.17) is 0 Å². The minimum absolute atomic E-state index is 0.126. The molecular formula is C23H23FN6O. The molecule has 1 N–H and O–H groups in total. The van der Waals surface area contributed by atoms with Crippen molar-refractivity contribution >= 4 is 29.4 Å². The van der Waals surface area contributed by atoms with E-state index in [0.29, 0.717) is 37.6 Å². The average Bonchev–Trinajstić information content (AvgIpc) is 2.79. The lowest BCUT2D eigenvalue weighted by molar-refractivity contribution is -0.126. The standard InChI is InChI=1S/C23H23FN6O/c1-17-8-9-25-20(14-17)28-21-15-22(27-16-26-21)29-10-12-30(13-11-29)23(31)7-6-18-4-2-3-5-19(18)24/h2-9,14-16H,10-13H2,1H3,(H,25,26,27,28)/b7-6+. The number of aromatic nitrogens is 3. The average molecular weight is 418 g/mol. The fraction of sp³-hybridized carbons (Fsp3) is 0.217. The number of hydrogen-bond acceptors (Lipinski definition) is 6. The highest BCUT2D eigenvalue weighted by Crippen LogP contribution is 2.19. The summed E-state index contributed by atoms with van der Waals surface area (Å²) in [5, 5.41) is 3.19. The largest absolute Gasteiger partial charge is 0.353 e. The van der Waals surface area contributed by atoms with Crippen molar-refractivity contribution in [2.24, 2.45) is 0 Å². The van der Waals surface area contributed by atoms with Crippen molar-refractivity contribution < 1.29 is 9.18 Å². The lowest BCUT2D eigenvalue weighted by Gasteiger charge is -2.35. The maximum atomic E-state index is 13.7. The smallest absolute Gasteiger partial charge is 0.246 e. The van der Waals surface area contributed by atoms with Crippen LogP contribution in [0.5, 0.6) is 0 Å². The third-order valence-electron chi connectivity index (χ3n) is 5.05. The number of aryl methyl sites for hydroxylation is 1. The molecule has 0 unspecified atom stereocenters. The topological polar surface area (TPSA) is 74.2 Å². The Bertz CT molecular complexity index is 1090. The molecule has 1 aromatic carbocycles. The van der Waals surface area contributed by atoms with E-state index in [1.165, 1.54) is 24.5 Å². The molecule has 1 fully saturated rings. The van der Waals surface area contributed by atoms with Crippen molar-refractivity contribution in [2.45, 2.75) is 6.92 Å². The molecule has 158 valence electrons. The van der Waals surface area contributed by atoms with Crippen molar-refractivity contribution in [1.29, 1.82) is 0 Å². The summed E-state index contributed by atoms with van der Waals surface area (Å²) in [6, 6.07) is 12.1. The van der Waals surface area contributed by atoms with E-state index in [-0.39, 0.29) is 11.7 Å². The van der Waals surface area contributed by atoms with Crippen LogP contribution in [-0.4, -0.2) is 51.9 Å². The van der Waals surface area contributed by atoms with Crippen LogP contribution in [0, 0.1) is 12.7 Å². The maximum absolute atomic E-state index is 13.7. The van der Waals surface area contributed by atoms with E-state index in [9.17, 15) is 9.18 Å². The van der Waals surface area contributed by atoms with Gasteiger partial charge in [-0.15, -0.1) is 0 Å². The molecule has 2 aromatic heterocycles. The Kier molecular flexibility index (Phi) is 6.16. The van der Waals surface area contributed by atoms with Crippen LogP contribution in [0.1, 0.15) is 11.1 Å². The maximum Gasteiger partial charge on any atom is 0.246 e. The number of carbonyl (C=O) groups excluding carboxylic acids is 1. The number of nitrogens with zero attached hydrogens (tertiary/aromatic N) is 5. The number of nitrogens with one attached hydrogen (secondary N) is 1. The van der Waals surface area contributed by atoms with Gasteiger partial charge in [0.1, 0.15) is 29.6 Å². The fourth-order valence-corrected chi connectivity index (χ4v) is 3.36. The van der Waals surface area contributed by atoms with E-state index in [2.05, 4.69) is 25.2 Å². The molecule has 1 amide bonds. The van der Waals surface area contributed by atoms with Gasteiger partial charge < -0.3 is 15.1 Å². The number of benzene rings is 1. The van der Waals surface area contributed by atoms with Crippen molar-refractivity contribution in [2.75, 3.05) is 36.4 Å². The molecule has 0 aliphatic carbocycles. The van der Waals surface area contributed by atoms with Crippen LogP contribution in [0.25, 0.3) is 6.08 Å². The van der Waals surface area contributed by atoms with Gasteiger partial charge in [0.15, 0.2) is 0 Å². The van der Waals surface area contributed by atoms with Gasteiger partial charge in [-0.25, -0.2) is 19.3 Å². The molecule has 3 aromatic rings. The van der Waals surface area contributed by atoms with Crippen LogP contribution in [0.15, 0.2) is 61.1 Å². The number of rotatable bonds is 5. The molecule has 8 heteroatoms. The monoisotopic (exact) mass is 418 g/mol. The summed E-state index contributed by atoms with van der Waals surface area (Å²) in [6.07, 6.45) is 6.21. The molecule has 1 aliphatic heterocycles. The third-order valence-corrected chi connectivity index (χ3v) is 5.05. The summed E-state index contributed by atoms with van der Waals surface area (Å²) < 4.78 is 13.7. The highest BCUT2D eigenvalue weighted by molar-refractivity contribution is 5.92. The Labute approximate surface area is 180 Å². The normalized spacial score (nSPS) is 14.1. The predicted molar refractivity (Wildman–Crippen MR) is 119 cm³/mol. The van der Waals surface area contributed by atoms with E-state index >= 15 is 0 Å². The summed E-state index contributed by atoms with van der Waals surface area (Å²) in [4.78, 5) is 29.3. The van der Waals surface area contributed by atoms with Crippen LogP contribution >= 0.6 is 0 Å². The van der Waals surface area contributed by atoms with Gasteiger partial charge in [-0.2, -0.15) is 0 Å². The summed E-state index contributed by atoms with van der Waals surface area (Å²) >= 11 is 0. The van der Waals surface area contributed by atoms with E-state index in [1.807, 2.05) is 25.1 Å². The van der Waals surface area contributed by atoms with Crippen molar-refractivity contribution in [3.63, 3.8) is 0 Å². The Morgan fingerprint density at radius 1 is 1.03 bits per heavy atom. The first-order chi connectivity index (χ1) is 15.1. The molecule has 7 nitrogen and oxygen atoms in total. The SMILES string of the molecule is Cc1ccnc(Nc2cc(N3CCN(C(=O)/C=C/c4ccccc4F)CC3)ncn2)c1. The second-order valence-electron chi connectivity index (χ2n) is 7.27. The number of hydrogen-bond donors (Lipinski definition) is 1. The van der Waals surface area contributed by atoms with Gasteiger partial charge in [0.25, 0.3) is 0 Å². The zero-order valence-electron chi connectivity index (χ0n) is 17.2. The molecule has 0 bridgehead atoms. The van der Waals surface area contributed by atoms with E-state index in [0.717, 1.165) is 17.2 Å². The second kappa shape index (κ2) is 9.34. The highest BCUT2D eigenvalue weighted by atomic mass is 19.1. The lowest BCUT2D eigenvalue weighted by atomic mass is 10.2. The van der Waals surface area contributed by atoms with Crippen LogP contribution < -0.4 is 10.2 Å². The van der Waals surface area contributed by atoms with Gasteiger partial charge in [0.05, 0.1) is 0 Å². The highest BCUT2D eigenvalue weighted by Gasteiger charge is 2.21. The number of carbonyl (C=O) groups is 1. The lowest BCUT2D eigenvalue weighted by Crippen LogP contribution is -2.48. The number of pyridine rings is 1. The van der Waals surface area contributed by atoms with Crippen LogP contribution in [-0.2, 0) is 4.79 Å². The minimum Gasteiger partial charge on any atom is -0.353 e. The van der Waals surface area contributed by atoms with Crippen molar-refractivity contribution in [3.8, 4) is 0 Å². The summed E-state index contributed by atoms with van der Waals surface area (Å²) in [5.74, 6) is 1.71. The predicted octanol–water partition coefficient (Wildman–Crippen LogP) is 3.42. The van der Waals surface area contributed by atoms with Crippen LogP contribution in [0.2, 0.25) is 0 Å². The van der Waals surface area contributed by atoms with Gasteiger partial charge in [-0.3, -0.25) is 4.79 Å². The molecule has 1 saturated heterocycles. The van der Waals surface area contributed by atoms with Crippen molar-refractivity contribution in [3.05, 3.63) is 78.0 Å². The first kappa shape index (κ1) is 20.5. The molecule has 0 spiro atoms. The van der Waals surface area contributed by atoms with Gasteiger partial charge in [-0.05, 0) is 36.8 Å². The number of piperazine rings is 1. The molecule has 0 atom stereocenters. The van der Waals surface area contributed by atoms with Gasteiger partial charge >= 0.3 is 0 Å².